The van der Waals surface area contributed by atoms with E-state index < -0.39 is 0 Å². The predicted octanol–water partition coefficient (Wildman–Crippen LogP) is 3.07. The molecule has 1 spiro atoms. The number of ether oxygens (including phenoxy) is 1. The van der Waals surface area contributed by atoms with E-state index in [0.717, 1.165) is 13.1 Å². The zero-order valence-electron chi connectivity index (χ0n) is 13.2. The first-order valence-corrected chi connectivity index (χ1v) is 8.33. The molecule has 1 aromatic rings. The summed E-state index contributed by atoms with van der Waals surface area (Å²) in [6.07, 6.45) is 8.22. The van der Waals surface area contributed by atoms with E-state index in [1.165, 1.54) is 49.7 Å². The van der Waals surface area contributed by atoms with Gasteiger partial charge in [0.15, 0.2) is 0 Å². The second-order valence-electron chi connectivity index (χ2n) is 6.89. The summed E-state index contributed by atoms with van der Waals surface area (Å²) >= 11 is 0. The van der Waals surface area contributed by atoms with Crippen molar-refractivity contribution in [1.82, 2.24) is 4.90 Å². The van der Waals surface area contributed by atoms with Gasteiger partial charge < -0.3 is 10.5 Å². The number of benzene rings is 1. The van der Waals surface area contributed by atoms with Crippen LogP contribution in [0.1, 0.15) is 49.7 Å². The van der Waals surface area contributed by atoms with Crippen LogP contribution < -0.4 is 5.73 Å². The maximum Gasteiger partial charge on any atom is 0.0710 e. The van der Waals surface area contributed by atoms with Crippen LogP contribution in [0.5, 0.6) is 0 Å². The summed E-state index contributed by atoms with van der Waals surface area (Å²) in [7, 11) is 2.19. The molecular weight excluding hydrogens is 260 g/mol. The molecule has 1 saturated carbocycles. The summed E-state index contributed by atoms with van der Waals surface area (Å²) in [4.78, 5) is 2.39. The van der Waals surface area contributed by atoms with Crippen LogP contribution >= 0.6 is 0 Å². The van der Waals surface area contributed by atoms with Gasteiger partial charge in [-0.3, -0.25) is 4.90 Å². The number of rotatable bonds is 5. The molecule has 0 amide bonds. The molecule has 1 atom stereocenters. The van der Waals surface area contributed by atoms with Gasteiger partial charge in [0.2, 0.25) is 0 Å². The molecule has 3 heteroatoms. The zero-order chi connectivity index (χ0) is 14.7. The maximum atomic E-state index is 6.40. The monoisotopic (exact) mass is 288 g/mol. The molecule has 2 fully saturated rings. The normalized spacial score (nSPS) is 24.2. The molecule has 21 heavy (non-hydrogen) atoms. The zero-order valence-corrected chi connectivity index (χ0v) is 13.2. The maximum absolute atomic E-state index is 6.40. The summed E-state index contributed by atoms with van der Waals surface area (Å²) in [6, 6.07) is 8.63. The lowest BCUT2D eigenvalue weighted by atomic mass is 9.98. The van der Waals surface area contributed by atoms with Crippen molar-refractivity contribution in [2.45, 2.75) is 63.3 Å². The van der Waals surface area contributed by atoms with Crippen molar-refractivity contribution in [2.75, 3.05) is 13.6 Å². The highest BCUT2D eigenvalue weighted by molar-refractivity contribution is 5.22. The lowest BCUT2D eigenvalue weighted by Crippen LogP contribution is -2.32. The van der Waals surface area contributed by atoms with E-state index in [4.69, 9.17) is 10.5 Å². The molecule has 1 heterocycles. The highest BCUT2D eigenvalue weighted by atomic mass is 16.5. The predicted molar refractivity (Wildman–Crippen MR) is 86.0 cm³/mol. The Morgan fingerprint density at radius 3 is 2.48 bits per heavy atom. The Morgan fingerprint density at radius 2 is 1.81 bits per heavy atom. The average molecular weight is 288 g/mol. The van der Waals surface area contributed by atoms with E-state index in [1.807, 2.05) is 0 Å². The standard InChI is InChI=1S/C18H28N2O/c1-20(13-16-6-4-15(12-19)5-7-16)14-17-8-11-18(21-17)9-2-3-10-18/h4-7,17H,2-3,8-14,19H2,1H3. The van der Waals surface area contributed by atoms with Crippen LogP contribution in [0.15, 0.2) is 24.3 Å². The van der Waals surface area contributed by atoms with Crippen molar-refractivity contribution in [3.63, 3.8) is 0 Å². The van der Waals surface area contributed by atoms with Gasteiger partial charge in [-0.1, -0.05) is 37.1 Å². The Balaban J connectivity index is 1.48. The second kappa shape index (κ2) is 6.47. The highest BCUT2D eigenvalue weighted by Crippen LogP contribution is 2.43. The minimum Gasteiger partial charge on any atom is -0.370 e. The minimum absolute atomic E-state index is 0.258. The van der Waals surface area contributed by atoms with Crippen molar-refractivity contribution in [3.8, 4) is 0 Å². The molecule has 116 valence electrons. The summed E-state index contributed by atoms with van der Waals surface area (Å²) in [5, 5.41) is 0. The lowest BCUT2D eigenvalue weighted by Gasteiger charge is -2.26. The molecule has 0 aromatic heterocycles. The number of nitrogens with zero attached hydrogens (tertiary/aromatic N) is 1. The molecule has 1 aromatic carbocycles. The molecule has 2 aliphatic rings. The number of hydrogen-bond acceptors (Lipinski definition) is 3. The van der Waals surface area contributed by atoms with Gasteiger partial charge in [-0.25, -0.2) is 0 Å². The first-order chi connectivity index (χ1) is 10.2. The van der Waals surface area contributed by atoms with Crippen LogP contribution in [-0.4, -0.2) is 30.2 Å². The Labute approximate surface area is 128 Å². The molecule has 3 nitrogen and oxygen atoms in total. The van der Waals surface area contributed by atoms with Gasteiger partial charge in [0.1, 0.15) is 0 Å². The molecule has 1 aliphatic heterocycles. The number of likely N-dealkylation sites (N-methyl/N-ethyl adjacent to an activating group) is 1. The van der Waals surface area contributed by atoms with Crippen LogP contribution in [0.4, 0.5) is 0 Å². The Bertz CT molecular complexity index is 451. The van der Waals surface area contributed by atoms with E-state index in [-0.39, 0.29) is 5.60 Å². The van der Waals surface area contributed by atoms with Gasteiger partial charge in [-0.05, 0) is 43.9 Å². The molecule has 1 saturated heterocycles. The minimum atomic E-state index is 0.258. The Morgan fingerprint density at radius 1 is 1.14 bits per heavy atom. The first-order valence-electron chi connectivity index (χ1n) is 8.33. The summed E-state index contributed by atoms with van der Waals surface area (Å²) in [6.45, 7) is 2.65. The summed E-state index contributed by atoms with van der Waals surface area (Å²) in [5.41, 5.74) is 8.45. The summed E-state index contributed by atoms with van der Waals surface area (Å²) < 4.78 is 6.40. The fourth-order valence-electron chi connectivity index (χ4n) is 3.92. The van der Waals surface area contributed by atoms with Gasteiger partial charge in [-0.2, -0.15) is 0 Å². The molecule has 0 bridgehead atoms. The van der Waals surface area contributed by atoms with Gasteiger partial charge >= 0.3 is 0 Å². The largest absolute Gasteiger partial charge is 0.370 e. The smallest absolute Gasteiger partial charge is 0.0710 e. The van der Waals surface area contributed by atoms with Crippen LogP contribution in [-0.2, 0) is 17.8 Å². The van der Waals surface area contributed by atoms with Crippen LogP contribution in [0, 0.1) is 0 Å². The van der Waals surface area contributed by atoms with Crippen LogP contribution in [0.25, 0.3) is 0 Å². The topological polar surface area (TPSA) is 38.5 Å². The SMILES string of the molecule is CN(Cc1ccc(CN)cc1)CC1CCC2(CCCC2)O1. The van der Waals surface area contributed by atoms with Crippen LogP contribution in [0.3, 0.4) is 0 Å². The van der Waals surface area contributed by atoms with Crippen molar-refractivity contribution in [2.24, 2.45) is 5.73 Å². The highest BCUT2D eigenvalue weighted by Gasteiger charge is 2.42. The Hall–Kier alpha value is -0.900. The molecular formula is C18H28N2O. The van der Waals surface area contributed by atoms with E-state index in [1.54, 1.807) is 0 Å². The summed E-state index contributed by atoms with van der Waals surface area (Å²) in [5.74, 6) is 0. The van der Waals surface area contributed by atoms with Gasteiger partial charge in [-0.15, -0.1) is 0 Å². The van der Waals surface area contributed by atoms with E-state index in [9.17, 15) is 0 Å². The molecule has 3 rings (SSSR count). The van der Waals surface area contributed by atoms with Gasteiger partial charge in [0, 0.05) is 19.6 Å². The van der Waals surface area contributed by atoms with Crippen molar-refractivity contribution in [3.05, 3.63) is 35.4 Å². The molecule has 1 unspecified atom stereocenters. The third kappa shape index (κ3) is 3.65. The first kappa shape index (κ1) is 15.0. The van der Waals surface area contributed by atoms with Gasteiger partial charge in [0.25, 0.3) is 0 Å². The fraction of sp³-hybridized carbons (Fsp3) is 0.667. The van der Waals surface area contributed by atoms with Crippen LogP contribution in [0.2, 0.25) is 0 Å². The molecule has 0 radical (unpaired) electrons. The number of hydrogen-bond donors (Lipinski definition) is 1. The number of nitrogens with two attached hydrogens (primary N) is 1. The van der Waals surface area contributed by atoms with E-state index in [2.05, 4.69) is 36.2 Å². The quantitative estimate of drug-likeness (QED) is 0.905. The molecule has 2 N–H and O–H groups in total. The Kier molecular flexibility index (Phi) is 4.63. The van der Waals surface area contributed by atoms with Crippen molar-refractivity contribution in [1.29, 1.82) is 0 Å². The second-order valence-corrected chi connectivity index (χ2v) is 6.89. The van der Waals surface area contributed by atoms with Crippen molar-refractivity contribution < 1.29 is 4.74 Å². The van der Waals surface area contributed by atoms with E-state index >= 15 is 0 Å². The van der Waals surface area contributed by atoms with E-state index in [0.29, 0.717) is 12.6 Å². The van der Waals surface area contributed by atoms with Crippen molar-refractivity contribution >= 4 is 0 Å². The third-order valence-electron chi connectivity index (χ3n) is 5.08. The fourth-order valence-corrected chi connectivity index (χ4v) is 3.92. The van der Waals surface area contributed by atoms with Gasteiger partial charge in [0.05, 0.1) is 11.7 Å². The lowest BCUT2D eigenvalue weighted by molar-refractivity contribution is -0.0457. The third-order valence-corrected chi connectivity index (χ3v) is 5.08. The molecule has 1 aliphatic carbocycles. The average Bonchev–Trinajstić information content (AvgIpc) is 3.10.